The Hall–Kier alpha value is -4.45. The number of hydrogen-bond donors (Lipinski definition) is 2. The van der Waals surface area contributed by atoms with E-state index in [-0.39, 0.29) is 5.97 Å². The number of ether oxygens (including phenoxy) is 1. The molecule has 0 unspecified atom stereocenters. The first-order chi connectivity index (χ1) is 21.5. The van der Waals surface area contributed by atoms with Crippen molar-refractivity contribution in [3.63, 3.8) is 0 Å². The molecule has 0 spiro atoms. The van der Waals surface area contributed by atoms with Crippen LogP contribution in [-0.4, -0.2) is 25.9 Å². The maximum atomic E-state index is 13.4. The van der Waals surface area contributed by atoms with Gasteiger partial charge < -0.3 is 14.7 Å². The SMILES string of the molecule is CCCC1=Cc2nc1ccc1[nH]c(cc1CCC)c1nc(c(OC(=O)C3C=CC=C3)cc3[nH]c2cc3CCC)C(CCC)=C1. The minimum atomic E-state index is -0.409. The molecule has 44 heavy (non-hydrogen) atoms. The van der Waals surface area contributed by atoms with Gasteiger partial charge in [0.2, 0.25) is 0 Å². The van der Waals surface area contributed by atoms with Crippen molar-refractivity contribution in [3.05, 3.63) is 88.5 Å². The summed E-state index contributed by atoms with van der Waals surface area (Å²) >= 11 is 0. The van der Waals surface area contributed by atoms with Crippen LogP contribution in [0.1, 0.15) is 100 Å². The molecule has 0 saturated heterocycles. The number of rotatable bonds is 10. The summed E-state index contributed by atoms with van der Waals surface area (Å²) in [4.78, 5) is 31.0. The highest BCUT2D eigenvalue weighted by Crippen LogP contribution is 2.36. The van der Waals surface area contributed by atoms with Gasteiger partial charge in [-0.25, -0.2) is 9.97 Å². The van der Waals surface area contributed by atoms with Crippen LogP contribution in [0.5, 0.6) is 5.75 Å². The average molecular weight is 587 g/mol. The van der Waals surface area contributed by atoms with Crippen LogP contribution in [0.25, 0.3) is 45.4 Å². The monoisotopic (exact) mass is 586 g/mol. The van der Waals surface area contributed by atoms with E-state index in [2.05, 4.69) is 74.1 Å². The molecule has 0 amide bonds. The molecule has 6 heteroatoms. The van der Waals surface area contributed by atoms with Crippen LogP contribution in [0.4, 0.5) is 0 Å². The Morgan fingerprint density at radius 3 is 1.98 bits per heavy atom. The van der Waals surface area contributed by atoms with E-state index in [1.807, 2.05) is 30.4 Å². The molecule has 6 nitrogen and oxygen atoms in total. The van der Waals surface area contributed by atoms with Crippen LogP contribution in [-0.2, 0) is 17.6 Å². The number of nitrogens with zero attached hydrogens (tertiary/aromatic N) is 2. The summed E-state index contributed by atoms with van der Waals surface area (Å²) in [5.74, 6) is -0.247. The van der Waals surface area contributed by atoms with Gasteiger partial charge in [0.05, 0.1) is 34.0 Å². The van der Waals surface area contributed by atoms with Gasteiger partial charge in [-0.2, -0.15) is 0 Å². The second-order valence-corrected chi connectivity index (χ2v) is 11.9. The first-order valence-corrected chi connectivity index (χ1v) is 16.3. The Labute approximate surface area is 259 Å². The largest absolute Gasteiger partial charge is 0.423 e. The average Bonchev–Trinajstić information content (AvgIpc) is 3.83. The van der Waals surface area contributed by atoms with Gasteiger partial charge in [0.1, 0.15) is 5.69 Å². The van der Waals surface area contributed by atoms with Gasteiger partial charge in [0.15, 0.2) is 5.75 Å². The van der Waals surface area contributed by atoms with Crippen molar-refractivity contribution in [1.82, 2.24) is 19.9 Å². The Bertz CT molecular complexity index is 1850. The summed E-state index contributed by atoms with van der Waals surface area (Å²) in [7, 11) is 0. The molecule has 0 atom stereocenters. The Morgan fingerprint density at radius 1 is 0.705 bits per heavy atom. The Balaban J connectivity index is 1.69. The summed E-state index contributed by atoms with van der Waals surface area (Å²) in [6, 6.07) is 10.7. The van der Waals surface area contributed by atoms with E-state index in [0.29, 0.717) is 5.75 Å². The summed E-state index contributed by atoms with van der Waals surface area (Å²) in [5, 5.41) is 0. The van der Waals surface area contributed by atoms with E-state index in [0.717, 1.165) is 102 Å². The molecule has 0 saturated carbocycles. The number of H-pyrrole nitrogens is 2. The third kappa shape index (κ3) is 5.99. The van der Waals surface area contributed by atoms with Gasteiger partial charge in [0, 0.05) is 17.1 Å². The van der Waals surface area contributed by atoms with Crippen molar-refractivity contribution < 1.29 is 9.53 Å². The number of aromatic amines is 2. The molecule has 0 fully saturated rings. The Morgan fingerprint density at radius 2 is 1.30 bits per heavy atom. The van der Waals surface area contributed by atoms with Gasteiger partial charge in [-0.3, -0.25) is 4.79 Å². The number of aryl methyl sites for hydroxylation is 2. The van der Waals surface area contributed by atoms with Crippen molar-refractivity contribution in [1.29, 1.82) is 0 Å². The zero-order valence-electron chi connectivity index (χ0n) is 26.3. The molecule has 226 valence electrons. The van der Waals surface area contributed by atoms with Crippen molar-refractivity contribution >= 4 is 51.3 Å². The first kappa shape index (κ1) is 29.6. The van der Waals surface area contributed by atoms with Crippen LogP contribution < -0.4 is 4.74 Å². The van der Waals surface area contributed by atoms with Crippen molar-refractivity contribution in [2.45, 2.75) is 79.1 Å². The molecule has 5 heterocycles. The van der Waals surface area contributed by atoms with E-state index in [1.165, 1.54) is 16.7 Å². The molecular formula is C38H42N4O2. The van der Waals surface area contributed by atoms with Crippen molar-refractivity contribution in [2.75, 3.05) is 0 Å². The van der Waals surface area contributed by atoms with E-state index in [4.69, 9.17) is 14.7 Å². The van der Waals surface area contributed by atoms with Gasteiger partial charge in [-0.1, -0.05) is 77.7 Å². The van der Waals surface area contributed by atoms with E-state index < -0.39 is 5.92 Å². The zero-order valence-corrected chi connectivity index (χ0v) is 26.3. The number of nitrogens with one attached hydrogen (secondary N) is 2. The molecule has 8 bridgehead atoms. The minimum absolute atomic E-state index is 0.310. The number of hydrogen-bond acceptors (Lipinski definition) is 4. The molecule has 2 aliphatic heterocycles. The highest BCUT2D eigenvalue weighted by atomic mass is 16.5. The lowest BCUT2D eigenvalue weighted by Crippen LogP contribution is -2.16. The van der Waals surface area contributed by atoms with E-state index >= 15 is 0 Å². The highest BCUT2D eigenvalue weighted by Gasteiger charge is 2.23. The number of allylic oxidation sites excluding steroid dienone is 4. The minimum Gasteiger partial charge on any atom is -0.423 e. The highest BCUT2D eigenvalue weighted by molar-refractivity contribution is 5.92. The quantitative estimate of drug-likeness (QED) is 0.232. The molecule has 6 rings (SSSR count). The molecule has 3 aliphatic rings. The van der Waals surface area contributed by atoms with Crippen LogP contribution in [0.2, 0.25) is 0 Å². The van der Waals surface area contributed by atoms with E-state index in [9.17, 15) is 4.79 Å². The molecule has 1 aliphatic carbocycles. The summed E-state index contributed by atoms with van der Waals surface area (Å²) < 4.78 is 6.24. The van der Waals surface area contributed by atoms with Crippen LogP contribution >= 0.6 is 0 Å². The number of esters is 1. The predicted molar refractivity (Wildman–Crippen MR) is 182 cm³/mol. The van der Waals surface area contributed by atoms with E-state index in [1.54, 1.807) is 0 Å². The molecule has 0 aromatic carbocycles. The zero-order chi connectivity index (χ0) is 30.6. The maximum absolute atomic E-state index is 13.4. The van der Waals surface area contributed by atoms with Gasteiger partial charge in [0.25, 0.3) is 0 Å². The molecular weight excluding hydrogens is 544 g/mol. The smallest absolute Gasteiger partial charge is 0.322 e. The van der Waals surface area contributed by atoms with Crippen molar-refractivity contribution in [3.8, 4) is 5.75 Å². The Kier molecular flexibility index (Phi) is 8.78. The lowest BCUT2D eigenvalue weighted by Gasteiger charge is -2.10. The fourth-order valence-corrected chi connectivity index (χ4v) is 6.23. The predicted octanol–water partition coefficient (Wildman–Crippen LogP) is 9.55. The number of carbonyl (C=O) groups excluding carboxylic acids is 1. The topological polar surface area (TPSA) is 83.7 Å². The fourth-order valence-electron chi connectivity index (χ4n) is 6.23. The number of fused-ring (bicyclic) bond motifs is 10. The molecule has 2 N–H and O–H groups in total. The summed E-state index contributed by atoms with van der Waals surface area (Å²) in [6.07, 6.45) is 19.5. The maximum Gasteiger partial charge on any atom is 0.322 e. The molecule has 3 aromatic rings. The molecule has 0 radical (unpaired) electrons. The number of carbonyl (C=O) groups is 1. The fraction of sp³-hybridized carbons (Fsp3) is 0.342. The van der Waals surface area contributed by atoms with Gasteiger partial charge in [-0.15, -0.1) is 0 Å². The lowest BCUT2D eigenvalue weighted by atomic mass is 10.1. The van der Waals surface area contributed by atoms with Gasteiger partial charge in [-0.05, 0) is 84.4 Å². The van der Waals surface area contributed by atoms with Crippen molar-refractivity contribution in [2.24, 2.45) is 5.92 Å². The molecule has 3 aromatic heterocycles. The third-order valence-corrected chi connectivity index (χ3v) is 8.37. The number of aromatic nitrogens is 4. The van der Waals surface area contributed by atoms with Gasteiger partial charge >= 0.3 is 5.97 Å². The second kappa shape index (κ2) is 13.0. The van der Waals surface area contributed by atoms with Crippen LogP contribution in [0.3, 0.4) is 0 Å². The standard InChI is InChI=1S/C38H42N4O2/c1-5-11-25-19-32-33-21-27(13-7-3)31(41-33)23-36(44-38(43)24-15-9-10-16-24)37-28(14-8-4)22-35(42-37)34-20-26(12-6-2)30(40-34)18-17-29(25)39-32/h9-10,15-24,40-41H,5-8,11-14H2,1-4H3. The third-order valence-electron chi connectivity index (χ3n) is 8.37. The second-order valence-electron chi connectivity index (χ2n) is 11.9. The first-order valence-electron chi connectivity index (χ1n) is 16.3. The van der Waals surface area contributed by atoms with Crippen LogP contribution in [0.15, 0.2) is 54.6 Å². The van der Waals surface area contributed by atoms with Crippen LogP contribution in [0, 0.1) is 5.92 Å². The summed E-state index contributed by atoms with van der Waals surface area (Å²) in [6.45, 7) is 8.75. The normalized spacial score (nSPS) is 14.3. The summed E-state index contributed by atoms with van der Waals surface area (Å²) in [5.41, 5.74) is 12.2. The lowest BCUT2D eigenvalue weighted by molar-refractivity contribution is -0.135.